The summed E-state index contributed by atoms with van der Waals surface area (Å²) >= 11 is 0. The number of aromatic nitrogens is 3. The van der Waals surface area contributed by atoms with Crippen molar-refractivity contribution in [2.45, 2.75) is 33.4 Å². The van der Waals surface area contributed by atoms with Gasteiger partial charge in [0.25, 0.3) is 0 Å². The van der Waals surface area contributed by atoms with Crippen LogP contribution in [0.3, 0.4) is 0 Å². The van der Waals surface area contributed by atoms with Crippen LogP contribution in [-0.4, -0.2) is 26.5 Å². The van der Waals surface area contributed by atoms with E-state index in [9.17, 15) is 0 Å². The average Bonchev–Trinajstić information content (AvgIpc) is 2.92. The summed E-state index contributed by atoms with van der Waals surface area (Å²) in [5, 5.41) is 12.9. The SMILES string of the molecule is CCCn1ncnc1COc1ccc(C#CCO)cc1C. The maximum absolute atomic E-state index is 8.70. The van der Waals surface area contributed by atoms with Crippen molar-refractivity contribution in [2.75, 3.05) is 6.61 Å². The summed E-state index contributed by atoms with van der Waals surface area (Å²) in [4.78, 5) is 4.21. The number of aliphatic hydroxyl groups is 1. The van der Waals surface area contributed by atoms with E-state index in [-0.39, 0.29) is 6.61 Å². The fourth-order valence-corrected chi connectivity index (χ4v) is 1.97. The van der Waals surface area contributed by atoms with Crippen molar-refractivity contribution in [3.63, 3.8) is 0 Å². The summed E-state index contributed by atoms with van der Waals surface area (Å²) in [6.45, 7) is 5.17. The van der Waals surface area contributed by atoms with Crippen LogP contribution in [0.25, 0.3) is 0 Å². The minimum absolute atomic E-state index is 0.135. The molecule has 0 spiro atoms. The Labute approximate surface area is 124 Å². The Balaban J connectivity index is 2.04. The Bertz CT molecular complexity index is 653. The van der Waals surface area contributed by atoms with Gasteiger partial charge in [-0.3, -0.25) is 0 Å². The van der Waals surface area contributed by atoms with Gasteiger partial charge in [0.05, 0.1) is 0 Å². The predicted molar refractivity (Wildman–Crippen MR) is 79.8 cm³/mol. The van der Waals surface area contributed by atoms with Crippen LogP contribution in [0, 0.1) is 18.8 Å². The van der Waals surface area contributed by atoms with Crippen LogP contribution in [0.4, 0.5) is 0 Å². The Hall–Kier alpha value is -2.32. The lowest BCUT2D eigenvalue weighted by atomic mass is 10.1. The van der Waals surface area contributed by atoms with E-state index in [4.69, 9.17) is 9.84 Å². The molecule has 110 valence electrons. The number of ether oxygens (including phenoxy) is 1. The fourth-order valence-electron chi connectivity index (χ4n) is 1.97. The molecule has 1 aromatic heterocycles. The van der Waals surface area contributed by atoms with Crippen LogP contribution in [-0.2, 0) is 13.2 Å². The van der Waals surface area contributed by atoms with Crippen LogP contribution in [0.2, 0.25) is 0 Å². The van der Waals surface area contributed by atoms with Crippen molar-refractivity contribution in [3.8, 4) is 17.6 Å². The molecule has 0 fully saturated rings. The number of aryl methyl sites for hydroxylation is 2. The van der Waals surface area contributed by atoms with Gasteiger partial charge in [-0.1, -0.05) is 18.8 Å². The molecule has 0 aliphatic heterocycles. The standard InChI is InChI=1S/C16H19N3O2/c1-3-8-19-16(17-12-18-19)11-21-15-7-6-14(5-4-9-20)10-13(15)2/h6-7,10,12,20H,3,8-9,11H2,1-2H3. The van der Waals surface area contributed by atoms with Gasteiger partial charge < -0.3 is 9.84 Å². The molecule has 0 aliphatic carbocycles. The number of rotatable bonds is 5. The molecular formula is C16H19N3O2. The first-order valence-electron chi connectivity index (χ1n) is 6.94. The largest absolute Gasteiger partial charge is 0.485 e. The number of hydrogen-bond acceptors (Lipinski definition) is 4. The van der Waals surface area contributed by atoms with Gasteiger partial charge in [0.1, 0.15) is 25.3 Å². The first kappa shape index (κ1) is 15.1. The van der Waals surface area contributed by atoms with Gasteiger partial charge in [-0.15, -0.1) is 0 Å². The Morgan fingerprint density at radius 2 is 2.24 bits per heavy atom. The topological polar surface area (TPSA) is 60.2 Å². The molecule has 2 rings (SSSR count). The molecule has 0 amide bonds. The lowest BCUT2D eigenvalue weighted by molar-refractivity contribution is 0.284. The summed E-state index contributed by atoms with van der Waals surface area (Å²) in [6, 6.07) is 5.70. The molecule has 0 radical (unpaired) electrons. The van der Waals surface area contributed by atoms with E-state index >= 15 is 0 Å². The third-order valence-corrected chi connectivity index (χ3v) is 2.97. The van der Waals surface area contributed by atoms with E-state index in [0.29, 0.717) is 6.61 Å². The summed E-state index contributed by atoms with van der Waals surface area (Å²) in [7, 11) is 0. The second kappa shape index (κ2) is 7.46. The van der Waals surface area contributed by atoms with E-state index in [1.807, 2.05) is 29.8 Å². The van der Waals surface area contributed by atoms with E-state index in [1.54, 1.807) is 6.33 Å². The molecule has 0 saturated heterocycles. The molecule has 1 N–H and O–H groups in total. The molecule has 0 unspecified atom stereocenters. The highest BCUT2D eigenvalue weighted by Crippen LogP contribution is 2.19. The zero-order valence-electron chi connectivity index (χ0n) is 12.3. The number of aliphatic hydroxyl groups excluding tert-OH is 1. The van der Waals surface area contributed by atoms with Gasteiger partial charge in [0, 0.05) is 12.1 Å². The van der Waals surface area contributed by atoms with Gasteiger partial charge in [-0.05, 0) is 37.1 Å². The third kappa shape index (κ3) is 4.07. The van der Waals surface area contributed by atoms with E-state index in [2.05, 4.69) is 28.8 Å². The molecule has 0 bridgehead atoms. The maximum Gasteiger partial charge on any atom is 0.164 e. The molecule has 0 atom stereocenters. The zero-order valence-corrected chi connectivity index (χ0v) is 12.3. The monoisotopic (exact) mass is 285 g/mol. The summed E-state index contributed by atoms with van der Waals surface area (Å²) in [5.41, 5.74) is 1.87. The van der Waals surface area contributed by atoms with Crippen molar-refractivity contribution in [1.29, 1.82) is 0 Å². The second-order valence-electron chi connectivity index (χ2n) is 4.63. The third-order valence-electron chi connectivity index (χ3n) is 2.97. The summed E-state index contributed by atoms with van der Waals surface area (Å²) in [6.07, 6.45) is 2.56. The molecule has 1 heterocycles. The van der Waals surface area contributed by atoms with Gasteiger partial charge in [-0.25, -0.2) is 9.67 Å². The first-order chi connectivity index (χ1) is 10.2. The smallest absolute Gasteiger partial charge is 0.164 e. The molecule has 0 saturated carbocycles. The average molecular weight is 285 g/mol. The normalized spacial score (nSPS) is 10.0. The summed E-state index contributed by atoms with van der Waals surface area (Å²) < 4.78 is 7.66. The number of benzene rings is 1. The molecule has 5 heteroatoms. The molecule has 1 aromatic carbocycles. The fraction of sp³-hybridized carbons (Fsp3) is 0.375. The van der Waals surface area contributed by atoms with E-state index < -0.39 is 0 Å². The van der Waals surface area contributed by atoms with Crippen molar-refractivity contribution in [1.82, 2.24) is 14.8 Å². The quantitative estimate of drug-likeness (QED) is 0.853. The zero-order chi connectivity index (χ0) is 15.1. The van der Waals surface area contributed by atoms with Crippen molar-refractivity contribution in [3.05, 3.63) is 41.5 Å². The Morgan fingerprint density at radius 3 is 2.95 bits per heavy atom. The minimum Gasteiger partial charge on any atom is -0.485 e. The van der Waals surface area contributed by atoms with Crippen molar-refractivity contribution in [2.24, 2.45) is 0 Å². The van der Waals surface area contributed by atoms with Crippen molar-refractivity contribution < 1.29 is 9.84 Å². The van der Waals surface area contributed by atoms with Gasteiger partial charge in [-0.2, -0.15) is 5.10 Å². The van der Waals surface area contributed by atoms with Crippen LogP contribution in [0.1, 0.15) is 30.3 Å². The first-order valence-corrected chi connectivity index (χ1v) is 6.94. The molecular weight excluding hydrogens is 266 g/mol. The highest BCUT2D eigenvalue weighted by atomic mass is 16.5. The van der Waals surface area contributed by atoms with E-state index in [0.717, 1.165) is 35.7 Å². The minimum atomic E-state index is -0.135. The Morgan fingerprint density at radius 1 is 1.38 bits per heavy atom. The van der Waals surface area contributed by atoms with Crippen LogP contribution in [0.5, 0.6) is 5.75 Å². The number of nitrogens with zero attached hydrogens (tertiary/aromatic N) is 3. The van der Waals surface area contributed by atoms with Gasteiger partial charge in [0.15, 0.2) is 5.82 Å². The van der Waals surface area contributed by atoms with Crippen LogP contribution in [0.15, 0.2) is 24.5 Å². The maximum atomic E-state index is 8.70. The van der Waals surface area contributed by atoms with Crippen LogP contribution >= 0.6 is 0 Å². The highest BCUT2D eigenvalue weighted by molar-refractivity contribution is 5.43. The van der Waals surface area contributed by atoms with E-state index in [1.165, 1.54) is 0 Å². The second-order valence-corrected chi connectivity index (χ2v) is 4.63. The van der Waals surface area contributed by atoms with Crippen molar-refractivity contribution >= 4 is 0 Å². The highest BCUT2D eigenvalue weighted by Gasteiger charge is 2.06. The predicted octanol–water partition coefficient (Wildman–Crippen LogP) is 1.92. The summed E-state index contributed by atoms with van der Waals surface area (Å²) in [5.74, 6) is 7.13. The Kier molecular flexibility index (Phi) is 5.35. The van der Waals surface area contributed by atoms with Gasteiger partial charge in [0.2, 0.25) is 0 Å². The molecule has 0 aliphatic rings. The van der Waals surface area contributed by atoms with Gasteiger partial charge >= 0.3 is 0 Å². The number of hydrogen-bond donors (Lipinski definition) is 1. The molecule has 21 heavy (non-hydrogen) atoms. The molecule has 2 aromatic rings. The van der Waals surface area contributed by atoms with Crippen LogP contribution < -0.4 is 4.74 Å². The lowest BCUT2D eigenvalue weighted by Gasteiger charge is -2.10. The lowest BCUT2D eigenvalue weighted by Crippen LogP contribution is -2.08. The molecule has 5 nitrogen and oxygen atoms in total.